The summed E-state index contributed by atoms with van der Waals surface area (Å²) >= 11 is 6.04. The Morgan fingerprint density at radius 3 is 2.71 bits per heavy atom. The van der Waals surface area contributed by atoms with Crippen LogP contribution in [-0.2, 0) is 14.3 Å². The molecule has 2 fully saturated rings. The molecule has 2 atom stereocenters. The highest BCUT2D eigenvalue weighted by atomic mass is 35.5. The Morgan fingerprint density at radius 2 is 2.04 bits per heavy atom. The molecule has 0 radical (unpaired) electrons. The predicted octanol–water partition coefficient (Wildman–Crippen LogP) is 2.93. The second-order valence-corrected chi connectivity index (χ2v) is 6.96. The van der Waals surface area contributed by atoms with Gasteiger partial charge in [-0.15, -0.1) is 0 Å². The summed E-state index contributed by atoms with van der Waals surface area (Å²) in [5.74, 6) is -0.654. The summed E-state index contributed by atoms with van der Waals surface area (Å²) < 4.78 is 5.37. The van der Waals surface area contributed by atoms with Gasteiger partial charge in [-0.25, -0.2) is 0 Å². The molecule has 24 heavy (non-hydrogen) atoms. The van der Waals surface area contributed by atoms with E-state index < -0.39 is 5.97 Å². The number of carbonyl (C=O) groups excluding carboxylic acids is 1. The summed E-state index contributed by atoms with van der Waals surface area (Å²) in [6.45, 7) is 1.53. The molecule has 6 heteroatoms. The van der Waals surface area contributed by atoms with Crippen molar-refractivity contribution >= 4 is 23.5 Å². The van der Waals surface area contributed by atoms with Crippen molar-refractivity contribution in [2.45, 2.75) is 37.6 Å². The summed E-state index contributed by atoms with van der Waals surface area (Å²) in [5.41, 5.74) is 1.09. The first-order chi connectivity index (χ1) is 11.6. The number of hydrogen-bond donors (Lipinski definition) is 1. The SMILES string of the molecule is O=C(O)CCN(C(=O)[C@H]1C[C@H]1c1cccc(Cl)c1)C1CCOCC1. The van der Waals surface area contributed by atoms with E-state index in [0.29, 0.717) is 18.2 Å². The van der Waals surface area contributed by atoms with Crippen LogP contribution in [0, 0.1) is 5.92 Å². The Kier molecular flexibility index (Phi) is 5.41. The number of aliphatic carboxylic acids is 1. The zero-order valence-electron chi connectivity index (χ0n) is 13.5. The quantitative estimate of drug-likeness (QED) is 0.855. The number of carboxylic acids is 1. The molecule has 1 aromatic carbocycles. The Balaban J connectivity index is 1.68. The third-order valence-electron chi connectivity index (χ3n) is 4.87. The molecule has 1 aliphatic carbocycles. The lowest BCUT2D eigenvalue weighted by Crippen LogP contribution is -2.45. The monoisotopic (exact) mass is 351 g/mol. The Hall–Kier alpha value is -1.59. The number of carbonyl (C=O) groups is 2. The molecular weight excluding hydrogens is 330 g/mol. The lowest BCUT2D eigenvalue weighted by atomic mass is 10.0. The predicted molar refractivity (Wildman–Crippen MR) is 90.1 cm³/mol. The average molecular weight is 352 g/mol. The molecule has 1 saturated carbocycles. The Morgan fingerprint density at radius 1 is 1.29 bits per heavy atom. The van der Waals surface area contributed by atoms with Crippen LogP contribution in [0.4, 0.5) is 0 Å². The maximum Gasteiger partial charge on any atom is 0.305 e. The van der Waals surface area contributed by atoms with Gasteiger partial charge < -0.3 is 14.7 Å². The Labute approximate surface area is 146 Å². The molecule has 1 saturated heterocycles. The van der Waals surface area contributed by atoms with Crippen LogP contribution < -0.4 is 0 Å². The molecule has 3 rings (SSSR count). The van der Waals surface area contributed by atoms with E-state index in [2.05, 4.69) is 0 Å². The van der Waals surface area contributed by atoms with Gasteiger partial charge in [0.2, 0.25) is 5.91 Å². The zero-order chi connectivity index (χ0) is 17.1. The number of ether oxygens (including phenoxy) is 1. The number of halogens is 1. The number of nitrogens with zero attached hydrogens (tertiary/aromatic N) is 1. The fourth-order valence-corrected chi connectivity index (χ4v) is 3.67. The van der Waals surface area contributed by atoms with Crippen LogP contribution in [-0.4, -0.2) is 47.7 Å². The molecule has 1 amide bonds. The van der Waals surface area contributed by atoms with Crippen molar-refractivity contribution in [2.75, 3.05) is 19.8 Å². The Bertz CT molecular complexity index is 615. The van der Waals surface area contributed by atoms with E-state index in [-0.39, 0.29) is 36.8 Å². The van der Waals surface area contributed by atoms with Gasteiger partial charge in [0.25, 0.3) is 0 Å². The smallest absolute Gasteiger partial charge is 0.305 e. The first-order valence-corrected chi connectivity index (χ1v) is 8.79. The minimum Gasteiger partial charge on any atom is -0.481 e. The largest absolute Gasteiger partial charge is 0.481 e. The summed E-state index contributed by atoms with van der Waals surface area (Å²) in [7, 11) is 0. The normalized spacial score (nSPS) is 23.7. The second kappa shape index (κ2) is 7.53. The molecule has 130 valence electrons. The maximum atomic E-state index is 12.9. The zero-order valence-corrected chi connectivity index (χ0v) is 14.2. The molecule has 0 unspecified atom stereocenters. The summed E-state index contributed by atoms with van der Waals surface area (Å²) in [4.78, 5) is 25.7. The van der Waals surface area contributed by atoms with Gasteiger partial charge >= 0.3 is 5.97 Å². The molecule has 2 aliphatic rings. The molecule has 1 aliphatic heterocycles. The molecule has 5 nitrogen and oxygen atoms in total. The van der Waals surface area contributed by atoms with E-state index in [1.165, 1.54) is 0 Å². The van der Waals surface area contributed by atoms with Crippen molar-refractivity contribution in [2.24, 2.45) is 5.92 Å². The minimum absolute atomic E-state index is 0.0162. The molecule has 0 aromatic heterocycles. The van der Waals surface area contributed by atoms with E-state index in [1.54, 1.807) is 4.90 Å². The highest BCUT2D eigenvalue weighted by molar-refractivity contribution is 6.30. The molecule has 1 aromatic rings. The first-order valence-electron chi connectivity index (χ1n) is 8.41. The van der Waals surface area contributed by atoms with Gasteiger partial charge in [0.1, 0.15) is 0 Å². The van der Waals surface area contributed by atoms with Crippen molar-refractivity contribution in [3.63, 3.8) is 0 Å². The van der Waals surface area contributed by atoms with E-state index >= 15 is 0 Å². The van der Waals surface area contributed by atoms with Gasteiger partial charge in [-0.05, 0) is 42.9 Å². The van der Waals surface area contributed by atoms with Crippen molar-refractivity contribution in [3.05, 3.63) is 34.9 Å². The lowest BCUT2D eigenvalue weighted by molar-refractivity contribution is -0.141. The van der Waals surface area contributed by atoms with Crippen molar-refractivity contribution in [3.8, 4) is 0 Å². The topological polar surface area (TPSA) is 66.8 Å². The van der Waals surface area contributed by atoms with Crippen LogP contribution in [0.3, 0.4) is 0 Å². The fourth-order valence-electron chi connectivity index (χ4n) is 3.47. The van der Waals surface area contributed by atoms with E-state index in [4.69, 9.17) is 21.4 Å². The van der Waals surface area contributed by atoms with E-state index in [9.17, 15) is 9.59 Å². The summed E-state index contributed by atoms with van der Waals surface area (Å²) in [5, 5.41) is 9.66. The van der Waals surface area contributed by atoms with Gasteiger partial charge in [0.15, 0.2) is 0 Å². The van der Waals surface area contributed by atoms with Gasteiger partial charge in [-0.2, -0.15) is 0 Å². The van der Waals surface area contributed by atoms with Crippen LogP contribution in [0.1, 0.15) is 37.2 Å². The number of hydrogen-bond acceptors (Lipinski definition) is 3. The minimum atomic E-state index is -0.873. The second-order valence-electron chi connectivity index (χ2n) is 6.52. The molecule has 1 heterocycles. The molecule has 0 bridgehead atoms. The van der Waals surface area contributed by atoms with Crippen LogP contribution in [0.25, 0.3) is 0 Å². The summed E-state index contributed by atoms with van der Waals surface area (Å²) in [6.07, 6.45) is 2.35. The highest BCUT2D eigenvalue weighted by Gasteiger charge is 2.47. The number of amides is 1. The van der Waals surface area contributed by atoms with Crippen LogP contribution in [0.15, 0.2) is 24.3 Å². The molecule has 1 N–H and O–H groups in total. The third-order valence-corrected chi connectivity index (χ3v) is 5.10. The fraction of sp³-hybridized carbons (Fsp3) is 0.556. The summed E-state index contributed by atoms with van der Waals surface area (Å²) in [6, 6.07) is 7.73. The van der Waals surface area contributed by atoms with Crippen molar-refractivity contribution in [1.29, 1.82) is 0 Å². The standard InChI is InChI=1S/C18H22ClNO4/c19-13-3-1-2-12(10-13)15-11-16(15)18(23)20(7-4-17(21)22)14-5-8-24-9-6-14/h1-3,10,14-16H,4-9,11H2,(H,21,22)/t15-,16-/m0/s1. The van der Waals surface area contributed by atoms with Gasteiger partial charge in [-0.1, -0.05) is 23.7 Å². The van der Waals surface area contributed by atoms with Crippen LogP contribution in [0.5, 0.6) is 0 Å². The number of benzene rings is 1. The van der Waals surface area contributed by atoms with Crippen molar-refractivity contribution in [1.82, 2.24) is 4.90 Å². The highest BCUT2D eigenvalue weighted by Crippen LogP contribution is 2.49. The first kappa shape index (κ1) is 17.2. The van der Waals surface area contributed by atoms with Gasteiger partial charge in [0, 0.05) is 36.7 Å². The average Bonchev–Trinajstić information content (AvgIpc) is 3.36. The molecule has 0 spiro atoms. The van der Waals surface area contributed by atoms with Crippen molar-refractivity contribution < 1.29 is 19.4 Å². The number of carboxylic acid groups (broad SMARTS) is 1. The van der Waals surface area contributed by atoms with Crippen LogP contribution >= 0.6 is 11.6 Å². The number of rotatable bonds is 6. The maximum absolute atomic E-state index is 12.9. The van der Waals surface area contributed by atoms with Gasteiger partial charge in [0.05, 0.1) is 6.42 Å². The van der Waals surface area contributed by atoms with E-state index in [1.807, 2.05) is 24.3 Å². The third kappa shape index (κ3) is 4.08. The van der Waals surface area contributed by atoms with Gasteiger partial charge in [-0.3, -0.25) is 9.59 Å². The van der Waals surface area contributed by atoms with E-state index in [0.717, 1.165) is 24.8 Å². The molecular formula is C18H22ClNO4. The lowest BCUT2D eigenvalue weighted by Gasteiger charge is -2.34. The van der Waals surface area contributed by atoms with Crippen LogP contribution in [0.2, 0.25) is 5.02 Å².